The Kier molecular flexibility index (Phi) is 4.78. The first-order chi connectivity index (χ1) is 10.8. The number of esters is 1. The van der Waals surface area contributed by atoms with Crippen LogP contribution < -0.4 is 4.74 Å². The summed E-state index contributed by atoms with van der Waals surface area (Å²) in [5, 5.41) is 0. The molecule has 1 aliphatic carbocycles. The minimum Gasteiger partial charge on any atom is -0.490 e. The molecule has 0 saturated carbocycles. The van der Waals surface area contributed by atoms with Crippen molar-refractivity contribution in [1.82, 2.24) is 0 Å². The molecule has 1 saturated heterocycles. The molecule has 1 heterocycles. The number of aryl methyl sites for hydroxylation is 1. The van der Waals surface area contributed by atoms with Crippen LogP contribution in [0.4, 0.5) is 0 Å². The number of benzene rings is 1. The van der Waals surface area contributed by atoms with Crippen LogP contribution in [0.5, 0.6) is 5.75 Å². The summed E-state index contributed by atoms with van der Waals surface area (Å²) in [6.45, 7) is 1.53. The molecule has 4 heteroatoms. The lowest BCUT2D eigenvalue weighted by Crippen LogP contribution is -2.25. The van der Waals surface area contributed by atoms with Gasteiger partial charge in [0.1, 0.15) is 11.9 Å². The van der Waals surface area contributed by atoms with Crippen LogP contribution in [-0.2, 0) is 20.7 Å². The fourth-order valence-electron chi connectivity index (χ4n) is 3.02. The molecule has 0 atom stereocenters. The van der Waals surface area contributed by atoms with E-state index in [0.29, 0.717) is 0 Å². The molecule has 22 heavy (non-hydrogen) atoms. The predicted molar refractivity (Wildman–Crippen MR) is 83.8 cm³/mol. The highest BCUT2D eigenvalue weighted by Gasteiger charge is 2.18. The quantitative estimate of drug-likeness (QED) is 0.805. The maximum atomic E-state index is 11.8. The zero-order valence-corrected chi connectivity index (χ0v) is 13.0. The van der Waals surface area contributed by atoms with Crippen LogP contribution in [-0.4, -0.2) is 32.4 Å². The van der Waals surface area contributed by atoms with Gasteiger partial charge in [-0.05, 0) is 48.6 Å². The summed E-state index contributed by atoms with van der Waals surface area (Å²) in [5.41, 5.74) is 3.07. The van der Waals surface area contributed by atoms with Crippen molar-refractivity contribution in [2.24, 2.45) is 0 Å². The van der Waals surface area contributed by atoms with Gasteiger partial charge in [0.2, 0.25) is 0 Å². The van der Waals surface area contributed by atoms with Crippen LogP contribution in [0, 0.1) is 0 Å². The predicted octanol–water partition coefficient (Wildman–Crippen LogP) is 3.14. The van der Waals surface area contributed by atoms with Crippen LogP contribution in [0.1, 0.15) is 36.8 Å². The van der Waals surface area contributed by atoms with Gasteiger partial charge in [0.15, 0.2) is 0 Å². The lowest BCUT2D eigenvalue weighted by Gasteiger charge is -2.23. The molecular weight excluding hydrogens is 280 g/mol. The van der Waals surface area contributed by atoms with Crippen molar-refractivity contribution >= 4 is 12.0 Å². The lowest BCUT2D eigenvalue weighted by molar-refractivity contribution is -0.136. The molecule has 0 aromatic heterocycles. The summed E-state index contributed by atoms with van der Waals surface area (Å²) >= 11 is 0. The Labute approximate surface area is 131 Å². The van der Waals surface area contributed by atoms with E-state index in [-0.39, 0.29) is 12.1 Å². The Morgan fingerprint density at radius 1 is 1.23 bits per heavy atom. The van der Waals surface area contributed by atoms with E-state index in [4.69, 9.17) is 14.2 Å². The van der Waals surface area contributed by atoms with E-state index in [1.165, 1.54) is 12.7 Å². The highest BCUT2D eigenvalue weighted by molar-refractivity contribution is 5.94. The molecule has 0 spiro atoms. The average Bonchev–Trinajstić information content (AvgIpc) is 2.77. The maximum absolute atomic E-state index is 11.8. The van der Waals surface area contributed by atoms with Crippen LogP contribution in [0.25, 0.3) is 6.08 Å². The molecule has 3 rings (SSSR count). The number of fused-ring (bicyclic) bond motifs is 1. The Bertz CT molecular complexity index is 570. The van der Waals surface area contributed by atoms with Gasteiger partial charge in [0.25, 0.3) is 0 Å². The molecule has 0 radical (unpaired) electrons. The van der Waals surface area contributed by atoms with Crippen LogP contribution in [0.3, 0.4) is 0 Å². The first-order valence-corrected chi connectivity index (χ1v) is 7.92. The maximum Gasteiger partial charge on any atom is 0.333 e. The van der Waals surface area contributed by atoms with Gasteiger partial charge in [-0.15, -0.1) is 0 Å². The number of hydrogen-bond donors (Lipinski definition) is 0. The van der Waals surface area contributed by atoms with Gasteiger partial charge in [-0.1, -0.05) is 6.07 Å². The zero-order valence-electron chi connectivity index (χ0n) is 13.0. The second kappa shape index (κ2) is 6.97. The molecule has 118 valence electrons. The van der Waals surface area contributed by atoms with Crippen molar-refractivity contribution < 1.29 is 19.0 Å². The van der Waals surface area contributed by atoms with Crippen LogP contribution in [0.2, 0.25) is 0 Å². The molecule has 4 nitrogen and oxygen atoms in total. The van der Waals surface area contributed by atoms with Crippen molar-refractivity contribution in [3.8, 4) is 5.75 Å². The summed E-state index contributed by atoms with van der Waals surface area (Å²) in [6, 6.07) is 6.19. The summed E-state index contributed by atoms with van der Waals surface area (Å²) in [4.78, 5) is 11.8. The standard InChI is InChI=1S/C18H22O4/c1-20-18(19)14-4-2-3-13-5-6-17(12-15(13)11-14)22-16-7-9-21-10-8-16/h5-6,11-12,16H,2-4,7-10H2,1H3. The third kappa shape index (κ3) is 3.50. The zero-order chi connectivity index (χ0) is 15.4. The van der Waals surface area contributed by atoms with Crippen LogP contribution >= 0.6 is 0 Å². The van der Waals surface area contributed by atoms with Gasteiger partial charge in [0.05, 0.1) is 20.3 Å². The third-order valence-electron chi connectivity index (χ3n) is 4.26. The van der Waals surface area contributed by atoms with Crippen molar-refractivity contribution in [3.05, 3.63) is 34.9 Å². The molecule has 0 bridgehead atoms. The molecule has 1 aromatic carbocycles. The van der Waals surface area contributed by atoms with E-state index < -0.39 is 0 Å². The average molecular weight is 302 g/mol. The van der Waals surface area contributed by atoms with Gasteiger partial charge in [-0.2, -0.15) is 0 Å². The Morgan fingerprint density at radius 2 is 2.05 bits per heavy atom. The van der Waals surface area contributed by atoms with E-state index in [2.05, 4.69) is 6.07 Å². The SMILES string of the molecule is COC(=O)C1=Cc2cc(OC3CCOCC3)ccc2CCC1. The van der Waals surface area contributed by atoms with Gasteiger partial charge < -0.3 is 14.2 Å². The first-order valence-electron chi connectivity index (χ1n) is 7.92. The number of carbonyl (C=O) groups excluding carboxylic acids is 1. The normalized spacial score (nSPS) is 18.9. The van der Waals surface area contributed by atoms with E-state index >= 15 is 0 Å². The summed E-state index contributed by atoms with van der Waals surface area (Å²) in [6.07, 6.45) is 6.74. The van der Waals surface area contributed by atoms with Crippen molar-refractivity contribution in [2.45, 2.75) is 38.2 Å². The van der Waals surface area contributed by atoms with Gasteiger partial charge >= 0.3 is 5.97 Å². The molecule has 1 fully saturated rings. The fraction of sp³-hybridized carbons (Fsp3) is 0.500. The summed E-state index contributed by atoms with van der Waals surface area (Å²) in [7, 11) is 1.43. The smallest absolute Gasteiger partial charge is 0.333 e. The Morgan fingerprint density at radius 3 is 2.82 bits per heavy atom. The minimum absolute atomic E-state index is 0.224. The Hall–Kier alpha value is -1.81. The highest BCUT2D eigenvalue weighted by Crippen LogP contribution is 2.28. The molecule has 2 aliphatic rings. The number of ether oxygens (including phenoxy) is 3. The number of methoxy groups -OCH3 is 1. The van der Waals surface area contributed by atoms with E-state index in [0.717, 1.165) is 62.2 Å². The van der Waals surface area contributed by atoms with E-state index in [1.807, 2.05) is 18.2 Å². The first kappa shape index (κ1) is 15.1. The van der Waals surface area contributed by atoms with Crippen molar-refractivity contribution in [1.29, 1.82) is 0 Å². The monoisotopic (exact) mass is 302 g/mol. The summed E-state index contributed by atoms with van der Waals surface area (Å²) in [5.74, 6) is 0.636. The van der Waals surface area contributed by atoms with Crippen molar-refractivity contribution in [3.63, 3.8) is 0 Å². The number of carbonyl (C=O) groups is 1. The Balaban J connectivity index is 1.81. The minimum atomic E-state index is -0.233. The van der Waals surface area contributed by atoms with E-state index in [1.54, 1.807) is 0 Å². The van der Waals surface area contributed by atoms with Gasteiger partial charge in [0, 0.05) is 18.4 Å². The largest absolute Gasteiger partial charge is 0.490 e. The third-order valence-corrected chi connectivity index (χ3v) is 4.26. The summed E-state index contributed by atoms with van der Waals surface area (Å²) < 4.78 is 16.3. The topological polar surface area (TPSA) is 44.8 Å². The number of rotatable bonds is 3. The second-order valence-electron chi connectivity index (χ2n) is 5.80. The lowest BCUT2D eigenvalue weighted by atomic mass is 10.0. The fourth-order valence-corrected chi connectivity index (χ4v) is 3.02. The highest BCUT2D eigenvalue weighted by atomic mass is 16.5. The van der Waals surface area contributed by atoms with Gasteiger partial charge in [-0.3, -0.25) is 0 Å². The van der Waals surface area contributed by atoms with Crippen LogP contribution in [0.15, 0.2) is 23.8 Å². The van der Waals surface area contributed by atoms with Crippen molar-refractivity contribution in [2.75, 3.05) is 20.3 Å². The molecule has 0 N–H and O–H groups in total. The molecular formula is C18H22O4. The second-order valence-corrected chi connectivity index (χ2v) is 5.80. The molecule has 1 aromatic rings. The molecule has 0 unspecified atom stereocenters. The van der Waals surface area contributed by atoms with E-state index in [9.17, 15) is 4.79 Å². The molecule has 1 aliphatic heterocycles. The van der Waals surface area contributed by atoms with Gasteiger partial charge in [-0.25, -0.2) is 4.79 Å². The molecule has 0 amide bonds. The number of hydrogen-bond acceptors (Lipinski definition) is 4.